The maximum absolute atomic E-state index is 12.2. The third kappa shape index (κ3) is 3.59. The number of benzene rings is 2. The zero-order valence-electron chi connectivity index (χ0n) is 14.1. The van der Waals surface area contributed by atoms with Gasteiger partial charge in [0.2, 0.25) is 5.91 Å². The smallest absolute Gasteiger partial charge is 0.224 e. The zero-order chi connectivity index (χ0) is 16.9. The summed E-state index contributed by atoms with van der Waals surface area (Å²) >= 11 is 0. The molecule has 3 rings (SSSR count). The van der Waals surface area contributed by atoms with Gasteiger partial charge in [0.05, 0.1) is 13.0 Å². The van der Waals surface area contributed by atoms with Crippen LogP contribution in [0.4, 0.5) is 0 Å². The summed E-state index contributed by atoms with van der Waals surface area (Å²) in [6, 6.07) is 15.8. The number of fused-ring (bicyclic) bond motifs is 1. The van der Waals surface area contributed by atoms with Gasteiger partial charge < -0.3 is 15.0 Å². The number of hydrogen-bond donors (Lipinski definition) is 2. The Morgan fingerprint density at radius 2 is 1.88 bits per heavy atom. The van der Waals surface area contributed by atoms with E-state index in [4.69, 9.17) is 4.74 Å². The van der Waals surface area contributed by atoms with Crippen molar-refractivity contribution in [1.29, 1.82) is 0 Å². The molecule has 3 aromatic rings. The molecular formula is C20H22N2O2. The Bertz CT molecular complexity index is 834. The minimum Gasteiger partial charge on any atom is -0.494 e. The third-order valence-corrected chi connectivity index (χ3v) is 4.09. The Kier molecular flexibility index (Phi) is 4.85. The first-order valence-corrected chi connectivity index (χ1v) is 8.22. The Balaban J connectivity index is 1.61. The van der Waals surface area contributed by atoms with Crippen LogP contribution in [0.15, 0.2) is 48.5 Å². The molecule has 0 aliphatic carbocycles. The lowest BCUT2D eigenvalue weighted by atomic mass is 10.1. The minimum atomic E-state index is 0.0174. The van der Waals surface area contributed by atoms with E-state index in [1.807, 2.05) is 56.3 Å². The van der Waals surface area contributed by atoms with Gasteiger partial charge in [0, 0.05) is 23.1 Å². The van der Waals surface area contributed by atoms with Crippen molar-refractivity contribution in [2.45, 2.75) is 26.8 Å². The maximum Gasteiger partial charge on any atom is 0.224 e. The molecule has 0 aliphatic heterocycles. The van der Waals surface area contributed by atoms with Gasteiger partial charge >= 0.3 is 0 Å². The fourth-order valence-corrected chi connectivity index (χ4v) is 2.87. The normalized spacial score (nSPS) is 10.8. The first-order valence-electron chi connectivity index (χ1n) is 8.22. The standard InChI is InChI=1S/C20H22N2O2/c1-3-24-16-10-8-15(9-11-16)12-20(23)21-13-18-14(2)22-19-7-5-4-6-17(18)19/h4-11,22H,3,12-13H2,1-2H3,(H,21,23). The van der Waals surface area contributed by atoms with Crippen LogP contribution in [0.25, 0.3) is 10.9 Å². The predicted molar refractivity (Wildman–Crippen MR) is 96.2 cm³/mol. The molecule has 0 spiro atoms. The molecule has 0 unspecified atom stereocenters. The number of amides is 1. The highest BCUT2D eigenvalue weighted by molar-refractivity contribution is 5.85. The Morgan fingerprint density at radius 1 is 1.12 bits per heavy atom. The predicted octanol–water partition coefficient (Wildman–Crippen LogP) is 3.73. The summed E-state index contributed by atoms with van der Waals surface area (Å²) in [5.41, 5.74) is 4.32. The molecule has 2 aromatic carbocycles. The van der Waals surface area contributed by atoms with Gasteiger partial charge in [0.25, 0.3) is 0 Å². The van der Waals surface area contributed by atoms with E-state index in [1.54, 1.807) is 0 Å². The summed E-state index contributed by atoms with van der Waals surface area (Å²) in [5, 5.41) is 4.18. The molecule has 0 saturated heterocycles. The van der Waals surface area contributed by atoms with Crippen LogP contribution in [0, 0.1) is 6.92 Å². The molecule has 1 aromatic heterocycles. The first kappa shape index (κ1) is 16.1. The van der Waals surface area contributed by atoms with E-state index >= 15 is 0 Å². The average Bonchev–Trinajstić information content (AvgIpc) is 2.90. The number of rotatable bonds is 6. The molecular weight excluding hydrogens is 300 g/mol. The number of ether oxygens (including phenoxy) is 1. The second-order valence-electron chi connectivity index (χ2n) is 5.80. The summed E-state index contributed by atoms with van der Waals surface area (Å²) in [5.74, 6) is 0.847. The van der Waals surface area contributed by atoms with Gasteiger partial charge in [0.1, 0.15) is 5.75 Å². The highest BCUT2D eigenvalue weighted by atomic mass is 16.5. The molecule has 4 heteroatoms. The fraction of sp³-hybridized carbons (Fsp3) is 0.250. The van der Waals surface area contributed by atoms with Gasteiger partial charge in [-0.1, -0.05) is 30.3 Å². The van der Waals surface area contributed by atoms with Crippen molar-refractivity contribution in [2.24, 2.45) is 0 Å². The van der Waals surface area contributed by atoms with E-state index in [2.05, 4.69) is 16.4 Å². The Morgan fingerprint density at radius 3 is 2.62 bits per heavy atom. The van der Waals surface area contributed by atoms with Gasteiger partial charge in [-0.15, -0.1) is 0 Å². The van der Waals surface area contributed by atoms with Crippen molar-refractivity contribution in [1.82, 2.24) is 10.3 Å². The Labute approximate surface area is 141 Å². The molecule has 1 amide bonds. The van der Waals surface area contributed by atoms with E-state index in [9.17, 15) is 4.79 Å². The molecule has 1 heterocycles. The molecule has 2 N–H and O–H groups in total. The number of nitrogens with one attached hydrogen (secondary N) is 2. The summed E-state index contributed by atoms with van der Waals surface area (Å²) in [6.07, 6.45) is 0.369. The highest BCUT2D eigenvalue weighted by Crippen LogP contribution is 2.21. The van der Waals surface area contributed by atoms with Crippen LogP contribution < -0.4 is 10.1 Å². The summed E-state index contributed by atoms with van der Waals surface area (Å²) in [7, 11) is 0. The van der Waals surface area contributed by atoms with Gasteiger partial charge in [-0.3, -0.25) is 4.79 Å². The number of carbonyl (C=O) groups is 1. The minimum absolute atomic E-state index is 0.0174. The second-order valence-corrected chi connectivity index (χ2v) is 5.80. The van der Waals surface area contributed by atoms with E-state index in [-0.39, 0.29) is 5.91 Å². The molecule has 124 valence electrons. The number of hydrogen-bond acceptors (Lipinski definition) is 2. The van der Waals surface area contributed by atoms with Crippen molar-refractivity contribution in [3.05, 3.63) is 65.4 Å². The van der Waals surface area contributed by atoms with Crippen molar-refractivity contribution >= 4 is 16.8 Å². The Hall–Kier alpha value is -2.75. The molecule has 4 nitrogen and oxygen atoms in total. The SMILES string of the molecule is CCOc1ccc(CC(=O)NCc2c(C)[nH]c3ccccc23)cc1. The summed E-state index contributed by atoms with van der Waals surface area (Å²) < 4.78 is 5.41. The van der Waals surface area contributed by atoms with Crippen molar-refractivity contribution in [2.75, 3.05) is 6.61 Å². The summed E-state index contributed by atoms with van der Waals surface area (Å²) in [4.78, 5) is 15.6. The lowest BCUT2D eigenvalue weighted by Crippen LogP contribution is -2.24. The third-order valence-electron chi connectivity index (χ3n) is 4.09. The van der Waals surface area contributed by atoms with Gasteiger partial charge in [-0.2, -0.15) is 0 Å². The molecule has 0 atom stereocenters. The van der Waals surface area contributed by atoms with Crippen LogP contribution in [0.1, 0.15) is 23.7 Å². The van der Waals surface area contributed by atoms with E-state index in [1.165, 1.54) is 0 Å². The molecule has 0 saturated carbocycles. The summed E-state index contributed by atoms with van der Waals surface area (Å²) in [6.45, 7) is 5.16. The van der Waals surface area contributed by atoms with Crippen LogP contribution in [-0.2, 0) is 17.8 Å². The molecule has 0 bridgehead atoms. The van der Waals surface area contributed by atoms with Crippen LogP contribution in [-0.4, -0.2) is 17.5 Å². The quantitative estimate of drug-likeness (QED) is 0.726. The van der Waals surface area contributed by atoms with Crippen molar-refractivity contribution in [3.8, 4) is 5.75 Å². The largest absolute Gasteiger partial charge is 0.494 e. The monoisotopic (exact) mass is 322 g/mol. The van der Waals surface area contributed by atoms with E-state index in [0.29, 0.717) is 19.6 Å². The number of aromatic amines is 1. The number of carbonyl (C=O) groups excluding carboxylic acids is 1. The van der Waals surface area contributed by atoms with Crippen molar-refractivity contribution < 1.29 is 9.53 Å². The van der Waals surface area contributed by atoms with E-state index in [0.717, 1.165) is 33.5 Å². The lowest BCUT2D eigenvalue weighted by Gasteiger charge is -2.07. The molecule has 0 aliphatic rings. The topological polar surface area (TPSA) is 54.1 Å². The van der Waals surface area contributed by atoms with Crippen LogP contribution >= 0.6 is 0 Å². The fourth-order valence-electron chi connectivity index (χ4n) is 2.87. The number of aromatic nitrogens is 1. The molecule has 0 radical (unpaired) electrons. The van der Waals surface area contributed by atoms with Crippen molar-refractivity contribution in [3.63, 3.8) is 0 Å². The molecule has 0 fully saturated rings. The average molecular weight is 322 g/mol. The molecule has 24 heavy (non-hydrogen) atoms. The van der Waals surface area contributed by atoms with Crippen LogP contribution in [0.3, 0.4) is 0 Å². The van der Waals surface area contributed by atoms with Crippen LogP contribution in [0.5, 0.6) is 5.75 Å². The lowest BCUT2D eigenvalue weighted by molar-refractivity contribution is -0.120. The van der Waals surface area contributed by atoms with Gasteiger partial charge in [-0.05, 0) is 43.2 Å². The number of aryl methyl sites for hydroxylation is 1. The zero-order valence-corrected chi connectivity index (χ0v) is 14.1. The highest BCUT2D eigenvalue weighted by Gasteiger charge is 2.10. The number of H-pyrrole nitrogens is 1. The maximum atomic E-state index is 12.2. The number of para-hydroxylation sites is 1. The second kappa shape index (κ2) is 7.21. The van der Waals surface area contributed by atoms with Gasteiger partial charge in [-0.25, -0.2) is 0 Å². The van der Waals surface area contributed by atoms with Crippen LogP contribution in [0.2, 0.25) is 0 Å². The van der Waals surface area contributed by atoms with E-state index < -0.39 is 0 Å². The van der Waals surface area contributed by atoms with Gasteiger partial charge in [0.15, 0.2) is 0 Å². The first-order chi connectivity index (χ1) is 11.7.